The molecule has 0 saturated carbocycles. The Balaban J connectivity index is 1.33. The molecule has 0 bridgehead atoms. The van der Waals surface area contributed by atoms with Crippen LogP contribution in [-0.2, 0) is 6.42 Å². The molecule has 0 aliphatic heterocycles. The molecule has 1 N–H and O–H groups in total. The summed E-state index contributed by atoms with van der Waals surface area (Å²) in [6.45, 7) is 0. The van der Waals surface area contributed by atoms with Crippen molar-refractivity contribution in [1.82, 2.24) is 25.1 Å². The van der Waals surface area contributed by atoms with Gasteiger partial charge in [0.15, 0.2) is 11.5 Å². The first-order chi connectivity index (χ1) is 15.3. The van der Waals surface area contributed by atoms with Crippen molar-refractivity contribution in [3.8, 4) is 17.3 Å². The molecule has 5 aromatic rings. The van der Waals surface area contributed by atoms with E-state index in [-0.39, 0.29) is 11.6 Å². The molecule has 0 atom stereocenters. The number of carbonyl (C=O) groups excluding carboxylic acids is 1. The number of carbonyl (C=O) groups is 1. The van der Waals surface area contributed by atoms with Gasteiger partial charge in [-0.25, -0.2) is 0 Å². The summed E-state index contributed by atoms with van der Waals surface area (Å²) in [5.41, 5.74) is 2.42. The van der Waals surface area contributed by atoms with Crippen molar-refractivity contribution in [3.05, 3.63) is 96.3 Å². The van der Waals surface area contributed by atoms with Gasteiger partial charge < -0.3 is 14.3 Å². The van der Waals surface area contributed by atoms with Crippen LogP contribution < -0.4 is 5.32 Å². The highest BCUT2D eigenvalue weighted by Gasteiger charge is 2.16. The smallest absolute Gasteiger partial charge is 0.277 e. The van der Waals surface area contributed by atoms with Gasteiger partial charge in [-0.2, -0.15) is 14.9 Å². The van der Waals surface area contributed by atoms with Crippen LogP contribution in [0.1, 0.15) is 21.9 Å². The zero-order valence-electron chi connectivity index (χ0n) is 16.2. The van der Waals surface area contributed by atoms with Crippen LogP contribution in [0.15, 0.2) is 88.1 Å². The Bertz CT molecular complexity index is 1310. The minimum Gasteiger partial charge on any atom is -0.461 e. The van der Waals surface area contributed by atoms with Crippen LogP contribution in [0, 0.1) is 0 Å². The minimum absolute atomic E-state index is 0.205. The van der Waals surface area contributed by atoms with Gasteiger partial charge in [0.05, 0.1) is 24.6 Å². The van der Waals surface area contributed by atoms with Gasteiger partial charge >= 0.3 is 0 Å². The predicted octanol–water partition coefficient (Wildman–Crippen LogP) is 3.75. The molecular formula is C22H16N6O3. The van der Waals surface area contributed by atoms with E-state index in [0.717, 1.165) is 11.3 Å². The highest BCUT2D eigenvalue weighted by Crippen LogP contribution is 2.21. The van der Waals surface area contributed by atoms with E-state index in [1.807, 2.05) is 48.5 Å². The number of hydrogen-bond donors (Lipinski definition) is 1. The summed E-state index contributed by atoms with van der Waals surface area (Å²) in [5.74, 6) is 0.941. The Morgan fingerprint density at radius 2 is 1.84 bits per heavy atom. The minimum atomic E-state index is -0.364. The van der Waals surface area contributed by atoms with Gasteiger partial charge in [0.25, 0.3) is 5.91 Å². The average Bonchev–Trinajstić information content (AvgIpc) is 3.57. The van der Waals surface area contributed by atoms with Gasteiger partial charge in [-0.05, 0) is 35.9 Å². The standard InChI is InChI=1S/C22H16N6O3/c29-22(18-14-23-28(26-18)16-8-2-1-3-9-16)24-17-10-5-4-7-15(17)13-20-25-21(27-31-20)19-11-6-12-30-19/h1-12,14H,13H2,(H,24,29). The number of nitrogens with one attached hydrogen (secondary N) is 1. The SMILES string of the molecule is O=C(Nc1ccccc1Cc1nc(-c2ccco2)no1)c1cnn(-c2ccccc2)n1. The second-order valence-corrected chi connectivity index (χ2v) is 6.63. The Morgan fingerprint density at radius 3 is 2.68 bits per heavy atom. The highest BCUT2D eigenvalue weighted by atomic mass is 16.5. The maximum absolute atomic E-state index is 12.7. The van der Waals surface area contributed by atoms with E-state index in [9.17, 15) is 4.79 Å². The van der Waals surface area contributed by atoms with Gasteiger partial charge in [-0.15, -0.1) is 5.10 Å². The predicted molar refractivity (Wildman–Crippen MR) is 111 cm³/mol. The summed E-state index contributed by atoms with van der Waals surface area (Å²) in [6, 6.07) is 20.3. The molecule has 5 rings (SSSR count). The van der Waals surface area contributed by atoms with Gasteiger partial charge in [0.1, 0.15) is 0 Å². The first-order valence-corrected chi connectivity index (χ1v) is 9.50. The van der Waals surface area contributed by atoms with Crippen LogP contribution in [0.2, 0.25) is 0 Å². The maximum Gasteiger partial charge on any atom is 0.277 e. The largest absolute Gasteiger partial charge is 0.461 e. The molecule has 0 spiro atoms. The lowest BCUT2D eigenvalue weighted by Crippen LogP contribution is -2.14. The van der Waals surface area contributed by atoms with Crippen molar-refractivity contribution < 1.29 is 13.7 Å². The summed E-state index contributed by atoms with van der Waals surface area (Å²) in [5, 5.41) is 15.3. The summed E-state index contributed by atoms with van der Waals surface area (Å²) >= 11 is 0. The molecular weight excluding hydrogens is 396 g/mol. The lowest BCUT2D eigenvalue weighted by atomic mass is 10.1. The van der Waals surface area contributed by atoms with E-state index in [2.05, 4.69) is 25.7 Å². The summed E-state index contributed by atoms with van der Waals surface area (Å²) in [7, 11) is 0. The lowest BCUT2D eigenvalue weighted by Gasteiger charge is -2.08. The average molecular weight is 412 g/mol. The van der Waals surface area contributed by atoms with Crippen LogP contribution in [0.5, 0.6) is 0 Å². The Hall–Kier alpha value is -4.53. The van der Waals surface area contributed by atoms with E-state index < -0.39 is 0 Å². The van der Waals surface area contributed by atoms with Crippen LogP contribution in [0.3, 0.4) is 0 Å². The molecule has 9 heteroatoms. The summed E-state index contributed by atoms with van der Waals surface area (Å²) < 4.78 is 10.6. The number of anilines is 1. The number of aromatic nitrogens is 5. The first kappa shape index (κ1) is 18.5. The molecule has 0 saturated heterocycles. The summed E-state index contributed by atoms with van der Waals surface area (Å²) in [4.78, 5) is 18.5. The molecule has 0 aliphatic rings. The molecule has 3 heterocycles. The number of nitrogens with zero attached hydrogens (tertiary/aromatic N) is 5. The van der Waals surface area contributed by atoms with Gasteiger partial charge in [-0.3, -0.25) is 4.79 Å². The lowest BCUT2D eigenvalue weighted by molar-refractivity contribution is 0.102. The normalized spacial score (nSPS) is 10.8. The Kier molecular flexibility index (Phi) is 4.82. The number of furan rings is 1. The van der Waals surface area contributed by atoms with Crippen molar-refractivity contribution in [2.24, 2.45) is 0 Å². The van der Waals surface area contributed by atoms with Crippen molar-refractivity contribution in [2.45, 2.75) is 6.42 Å². The first-order valence-electron chi connectivity index (χ1n) is 9.50. The third-order valence-corrected chi connectivity index (χ3v) is 4.53. The van der Waals surface area contributed by atoms with Crippen LogP contribution in [0.25, 0.3) is 17.3 Å². The van der Waals surface area contributed by atoms with E-state index >= 15 is 0 Å². The monoisotopic (exact) mass is 412 g/mol. The third kappa shape index (κ3) is 3.97. The number of para-hydroxylation sites is 2. The Labute approximate surface area is 176 Å². The molecule has 31 heavy (non-hydrogen) atoms. The third-order valence-electron chi connectivity index (χ3n) is 4.53. The number of rotatable bonds is 6. The molecule has 0 fully saturated rings. The molecule has 9 nitrogen and oxygen atoms in total. The quantitative estimate of drug-likeness (QED) is 0.452. The molecule has 2 aromatic carbocycles. The second-order valence-electron chi connectivity index (χ2n) is 6.63. The van der Waals surface area contributed by atoms with Crippen LogP contribution in [0.4, 0.5) is 5.69 Å². The van der Waals surface area contributed by atoms with Crippen LogP contribution >= 0.6 is 0 Å². The fourth-order valence-electron chi connectivity index (χ4n) is 3.03. The van der Waals surface area contributed by atoms with Crippen molar-refractivity contribution in [2.75, 3.05) is 5.32 Å². The molecule has 0 aliphatic carbocycles. The van der Waals surface area contributed by atoms with Gasteiger partial charge in [0, 0.05) is 5.69 Å². The highest BCUT2D eigenvalue weighted by molar-refractivity contribution is 6.03. The molecule has 0 unspecified atom stereocenters. The van der Waals surface area contributed by atoms with Crippen molar-refractivity contribution in [1.29, 1.82) is 0 Å². The van der Waals surface area contributed by atoms with Crippen molar-refractivity contribution >= 4 is 11.6 Å². The number of amides is 1. The van der Waals surface area contributed by atoms with Crippen molar-refractivity contribution in [3.63, 3.8) is 0 Å². The fourth-order valence-corrected chi connectivity index (χ4v) is 3.03. The van der Waals surface area contributed by atoms with E-state index in [1.165, 1.54) is 11.0 Å². The molecule has 152 valence electrons. The Morgan fingerprint density at radius 1 is 1.00 bits per heavy atom. The maximum atomic E-state index is 12.7. The molecule has 0 radical (unpaired) electrons. The second kappa shape index (κ2) is 8.07. The molecule has 1 amide bonds. The fraction of sp³-hybridized carbons (Fsp3) is 0.0455. The van der Waals surface area contributed by atoms with E-state index in [1.54, 1.807) is 24.5 Å². The van der Waals surface area contributed by atoms with Crippen LogP contribution in [-0.4, -0.2) is 31.0 Å². The van der Waals surface area contributed by atoms with Gasteiger partial charge in [-0.1, -0.05) is 41.6 Å². The zero-order chi connectivity index (χ0) is 21.0. The van der Waals surface area contributed by atoms with E-state index in [0.29, 0.717) is 29.6 Å². The van der Waals surface area contributed by atoms with E-state index in [4.69, 9.17) is 8.94 Å². The summed E-state index contributed by atoms with van der Waals surface area (Å²) in [6.07, 6.45) is 3.32. The number of benzene rings is 2. The van der Waals surface area contributed by atoms with Gasteiger partial charge in [0.2, 0.25) is 11.7 Å². The number of hydrogen-bond acceptors (Lipinski definition) is 7. The topological polar surface area (TPSA) is 112 Å². The zero-order valence-corrected chi connectivity index (χ0v) is 16.2. The molecule has 3 aromatic heterocycles.